The van der Waals surface area contributed by atoms with Crippen molar-refractivity contribution in [2.45, 2.75) is 13.3 Å². The number of hydrogen-bond acceptors (Lipinski definition) is 5. The van der Waals surface area contributed by atoms with E-state index in [1.165, 1.54) is 19.2 Å². The Hall–Kier alpha value is -2.24. The molecule has 0 saturated heterocycles. The van der Waals surface area contributed by atoms with Crippen LogP contribution in [0.2, 0.25) is 0 Å². The van der Waals surface area contributed by atoms with Crippen LogP contribution < -0.4 is 0 Å². The molecule has 0 atom stereocenters. The Morgan fingerprint density at radius 2 is 2.28 bits per heavy atom. The van der Waals surface area contributed by atoms with Crippen LogP contribution in [0.5, 0.6) is 0 Å². The molecule has 2 aromatic rings. The first-order valence-electron chi connectivity index (χ1n) is 5.36. The molecule has 94 valence electrons. The van der Waals surface area contributed by atoms with Crippen molar-refractivity contribution in [3.05, 3.63) is 35.5 Å². The van der Waals surface area contributed by atoms with Crippen LogP contribution in [0.1, 0.15) is 23.2 Å². The number of halogens is 1. The largest absolute Gasteiger partial charge is 0.462 e. The van der Waals surface area contributed by atoms with E-state index >= 15 is 0 Å². The first-order valence-corrected chi connectivity index (χ1v) is 5.36. The van der Waals surface area contributed by atoms with Crippen LogP contribution in [0.25, 0.3) is 11.4 Å². The van der Waals surface area contributed by atoms with Crippen molar-refractivity contribution in [3.8, 4) is 11.4 Å². The summed E-state index contributed by atoms with van der Waals surface area (Å²) in [5, 5.41) is 3.65. The number of methoxy groups -OCH3 is 1. The van der Waals surface area contributed by atoms with E-state index in [0.29, 0.717) is 17.5 Å². The minimum absolute atomic E-state index is 0.227. The number of nitrogens with zero attached hydrogens (tertiary/aromatic N) is 2. The summed E-state index contributed by atoms with van der Waals surface area (Å²) in [4.78, 5) is 15.0. The molecule has 1 aromatic heterocycles. The lowest BCUT2D eigenvalue weighted by molar-refractivity contribution is 0.0545. The molecule has 0 amide bonds. The molecular weight excluding hydrogens is 239 g/mol. The fourth-order valence-electron chi connectivity index (χ4n) is 1.50. The van der Waals surface area contributed by atoms with Crippen LogP contribution in [0, 0.1) is 5.82 Å². The third kappa shape index (κ3) is 2.22. The summed E-state index contributed by atoms with van der Waals surface area (Å²) < 4.78 is 22.5. The average molecular weight is 250 g/mol. The number of hydrogen-bond donors (Lipinski definition) is 0. The number of carbonyl (C=O) groups is 1. The van der Waals surface area contributed by atoms with Gasteiger partial charge in [0.05, 0.1) is 7.11 Å². The Kier molecular flexibility index (Phi) is 3.36. The highest BCUT2D eigenvalue weighted by Gasteiger charge is 2.16. The van der Waals surface area contributed by atoms with Crippen LogP contribution in [-0.2, 0) is 11.2 Å². The zero-order valence-corrected chi connectivity index (χ0v) is 9.94. The van der Waals surface area contributed by atoms with Gasteiger partial charge in [-0.2, -0.15) is 4.98 Å². The molecule has 1 aromatic carbocycles. The Morgan fingerprint density at radius 1 is 1.50 bits per heavy atom. The van der Waals surface area contributed by atoms with Gasteiger partial charge in [-0.25, -0.2) is 9.18 Å². The molecule has 2 rings (SSSR count). The van der Waals surface area contributed by atoms with Crippen molar-refractivity contribution in [1.82, 2.24) is 10.1 Å². The maximum absolute atomic E-state index is 13.3. The van der Waals surface area contributed by atoms with Crippen LogP contribution in [0.15, 0.2) is 22.7 Å². The molecule has 5 nitrogen and oxygen atoms in total. The number of aromatic nitrogens is 2. The third-order valence-electron chi connectivity index (χ3n) is 2.47. The lowest BCUT2D eigenvalue weighted by Gasteiger charge is -2.00. The van der Waals surface area contributed by atoms with Gasteiger partial charge in [-0.15, -0.1) is 0 Å². The van der Waals surface area contributed by atoms with E-state index in [-0.39, 0.29) is 17.5 Å². The van der Waals surface area contributed by atoms with E-state index in [1.807, 2.05) is 6.92 Å². The molecule has 0 aliphatic rings. The van der Waals surface area contributed by atoms with Gasteiger partial charge in [-0.1, -0.05) is 12.1 Å². The summed E-state index contributed by atoms with van der Waals surface area (Å²) in [5.74, 6) is -0.982. The van der Waals surface area contributed by atoms with Crippen molar-refractivity contribution in [3.63, 3.8) is 0 Å². The van der Waals surface area contributed by atoms with Gasteiger partial charge < -0.3 is 9.26 Å². The highest BCUT2D eigenvalue weighted by Crippen LogP contribution is 2.20. The minimum Gasteiger partial charge on any atom is -0.462 e. The molecule has 0 fully saturated rings. The molecule has 0 spiro atoms. The third-order valence-corrected chi connectivity index (χ3v) is 2.47. The van der Waals surface area contributed by atoms with Gasteiger partial charge in [0.1, 0.15) is 5.82 Å². The number of esters is 1. The predicted molar refractivity (Wildman–Crippen MR) is 60.4 cm³/mol. The first kappa shape index (κ1) is 12.2. The maximum atomic E-state index is 13.3. The van der Waals surface area contributed by atoms with Gasteiger partial charge in [0.15, 0.2) is 0 Å². The highest BCUT2D eigenvalue weighted by molar-refractivity contribution is 5.84. The molecule has 0 N–H and O–H groups in total. The summed E-state index contributed by atoms with van der Waals surface area (Å²) in [6, 6.07) is 4.49. The average Bonchev–Trinajstić information content (AvgIpc) is 2.88. The lowest BCUT2D eigenvalue weighted by Crippen LogP contribution is -2.01. The predicted octanol–water partition coefficient (Wildman–Crippen LogP) is 2.22. The van der Waals surface area contributed by atoms with Crippen molar-refractivity contribution in [2.24, 2.45) is 0 Å². The van der Waals surface area contributed by atoms with Crippen molar-refractivity contribution < 1.29 is 18.4 Å². The van der Waals surface area contributed by atoms with Gasteiger partial charge in [0.25, 0.3) is 0 Å². The molecule has 0 unspecified atom stereocenters. The SMILES string of the molecule is CCc1cc(-c2noc(C(=O)OC)n2)ccc1F. The van der Waals surface area contributed by atoms with E-state index in [9.17, 15) is 9.18 Å². The highest BCUT2D eigenvalue weighted by atomic mass is 19.1. The van der Waals surface area contributed by atoms with Gasteiger partial charge in [-0.05, 0) is 30.2 Å². The molecule has 0 aliphatic heterocycles. The number of carbonyl (C=O) groups excluding carboxylic acids is 1. The van der Waals surface area contributed by atoms with E-state index in [0.717, 1.165) is 0 Å². The molecule has 0 radical (unpaired) electrons. The van der Waals surface area contributed by atoms with Gasteiger partial charge >= 0.3 is 11.9 Å². The second kappa shape index (κ2) is 4.95. The zero-order chi connectivity index (χ0) is 13.1. The van der Waals surface area contributed by atoms with E-state index < -0.39 is 5.97 Å². The van der Waals surface area contributed by atoms with Crippen LogP contribution >= 0.6 is 0 Å². The Labute approximate surface area is 103 Å². The number of rotatable bonds is 3. The fraction of sp³-hybridized carbons (Fsp3) is 0.250. The minimum atomic E-state index is -0.702. The maximum Gasteiger partial charge on any atom is 0.397 e. The number of ether oxygens (including phenoxy) is 1. The van der Waals surface area contributed by atoms with Crippen LogP contribution in [-0.4, -0.2) is 23.2 Å². The fourth-order valence-corrected chi connectivity index (χ4v) is 1.50. The van der Waals surface area contributed by atoms with E-state index in [1.54, 1.807) is 6.07 Å². The molecule has 0 bridgehead atoms. The second-order valence-corrected chi connectivity index (χ2v) is 3.57. The Bertz CT molecular complexity index is 580. The van der Waals surface area contributed by atoms with Gasteiger partial charge in [-0.3, -0.25) is 0 Å². The smallest absolute Gasteiger partial charge is 0.397 e. The normalized spacial score (nSPS) is 10.4. The lowest BCUT2D eigenvalue weighted by atomic mass is 10.1. The quantitative estimate of drug-likeness (QED) is 0.781. The summed E-state index contributed by atoms with van der Waals surface area (Å²) in [6.45, 7) is 1.85. The standard InChI is InChI=1S/C12H11FN2O3/c1-3-7-6-8(4-5-9(7)13)10-14-11(18-15-10)12(16)17-2/h4-6H,3H2,1-2H3. The summed E-state index contributed by atoms with van der Waals surface area (Å²) in [7, 11) is 1.22. The number of aryl methyl sites for hydroxylation is 1. The second-order valence-electron chi connectivity index (χ2n) is 3.57. The molecule has 0 aliphatic carbocycles. The Balaban J connectivity index is 2.37. The van der Waals surface area contributed by atoms with E-state index in [4.69, 9.17) is 4.52 Å². The summed E-state index contributed by atoms with van der Waals surface area (Å²) >= 11 is 0. The van der Waals surface area contributed by atoms with E-state index in [2.05, 4.69) is 14.9 Å². The molecular formula is C12H11FN2O3. The van der Waals surface area contributed by atoms with Crippen molar-refractivity contribution >= 4 is 5.97 Å². The molecule has 1 heterocycles. The van der Waals surface area contributed by atoms with Crippen LogP contribution in [0.3, 0.4) is 0 Å². The van der Waals surface area contributed by atoms with Crippen LogP contribution in [0.4, 0.5) is 4.39 Å². The molecule has 0 saturated carbocycles. The van der Waals surface area contributed by atoms with Crippen molar-refractivity contribution in [1.29, 1.82) is 0 Å². The zero-order valence-electron chi connectivity index (χ0n) is 9.94. The number of benzene rings is 1. The molecule has 18 heavy (non-hydrogen) atoms. The van der Waals surface area contributed by atoms with Gasteiger partial charge in [0.2, 0.25) is 5.82 Å². The van der Waals surface area contributed by atoms with Crippen molar-refractivity contribution in [2.75, 3.05) is 7.11 Å². The monoisotopic (exact) mass is 250 g/mol. The Morgan fingerprint density at radius 3 is 2.94 bits per heavy atom. The summed E-state index contributed by atoms with van der Waals surface area (Å²) in [6.07, 6.45) is 0.557. The van der Waals surface area contributed by atoms with Gasteiger partial charge in [0, 0.05) is 5.56 Å². The molecule has 6 heteroatoms. The first-order chi connectivity index (χ1) is 8.65. The summed E-state index contributed by atoms with van der Waals surface area (Å²) in [5.41, 5.74) is 1.14. The topological polar surface area (TPSA) is 65.2 Å².